The van der Waals surface area contributed by atoms with Crippen molar-refractivity contribution in [3.63, 3.8) is 0 Å². The zero-order valence-corrected chi connectivity index (χ0v) is 29.9. The highest BCUT2D eigenvalue weighted by atomic mass is 35.5. The Bertz CT molecular complexity index is 2060. The molecule has 0 aromatic heterocycles. The number of nitrogens with one attached hydrogen (secondary N) is 1. The van der Waals surface area contributed by atoms with Gasteiger partial charge in [0.05, 0.1) is 11.8 Å². The number of imide groups is 1. The third-order valence-corrected chi connectivity index (χ3v) is 11.9. The highest BCUT2D eigenvalue weighted by molar-refractivity contribution is 6.36. The average molecular weight is 716 g/mol. The number of anilines is 1. The number of carbonyl (C=O) groups excluding carboxylic acids is 3. The molecule has 5 aromatic carbocycles. The predicted molar refractivity (Wildman–Crippen MR) is 199 cm³/mol. The molecule has 1 heterocycles. The van der Waals surface area contributed by atoms with Crippen LogP contribution in [0.25, 0.3) is 0 Å². The fourth-order valence-corrected chi connectivity index (χ4v) is 9.22. The Kier molecular flexibility index (Phi) is 7.89. The quantitative estimate of drug-likeness (QED) is 0.135. The van der Waals surface area contributed by atoms with Gasteiger partial charge in [0.1, 0.15) is 27.3 Å². The van der Waals surface area contributed by atoms with Gasteiger partial charge in [-0.25, -0.2) is 0 Å². The zero-order valence-electron chi connectivity index (χ0n) is 28.4. The lowest BCUT2D eigenvalue weighted by molar-refractivity contribution is -0.146. The minimum Gasteiger partial charge on any atom is -0.457 e. The summed E-state index contributed by atoms with van der Waals surface area (Å²) in [6.07, 6.45) is 0.111. The van der Waals surface area contributed by atoms with E-state index in [-0.39, 0.29) is 11.8 Å². The number of hydrogen-bond donors (Lipinski definition) is 1. The lowest BCUT2D eigenvalue weighted by Crippen LogP contribution is -2.57. The molecule has 51 heavy (non-hydrogen) atoms. The number of rotatable bonds is 7. The molecule has 2 bridgehead atoms. The Morgan fingerprint density at radius 3 is 1.57 bits per heavy atom. The van der Waals surface area contributed by atoms with E-state index in [9.17, 15) is 14.4 Å². The Hall–Kier alpha value is -4.91. The number of likely N-dealkylation sites (tertiary alicyclic amines) is 1. The van der Waals surface area contributed by atoms with Crippen LogP contribution in [0, 0.1) is 11.8 Å². The third kappa shape index (κ3) is 5.18. The first kappa shape index (κ1) is 33.2. The van der Waals surface area contributed by atoms with Gasteiger partial charge in [-0.05, 0) is 75.2 Å². The average Bonchev–Trinajstić information content (AvgIpc) is 3.41. The van der Waals surface area contributed by atoms with Gasteiger partial charge in [0, 0.05) is 12.1 Å². The zero-order chi connectivity index (χ0) is 35.7. The molecule has 9 rings (SSSR count). The highest BCUT2D eigenvalue weighted by Gasteiger charge is 2.73. The molecule has 4 aliphatic rings. The first-order valence-corrected chi connectivity index (χ1v) is 17.9. The van der Waals surface area contributed by atoms with E-state index in [0.717, 1.165) is 10.5 Å². The number of hydrogen-bond acceptors (Lipinski definition) is 4. The molecule has 3 amide bonds. The van der Waals surface area contributed by atoms with Crippen molar-refractivity contribution in [1.82, 2.24) is 4.90 Å². The molecule has 0 unspecified atom stereocenters. The Morgan fingerprint density at radius 2 is 1.12 bits per heavy atom. The minimum atomic E-state index is -1.34. The molecule has 1 fully saturated rings. The van der Waals surface area contributed by atoms with Gasteiger partial charge < -0.3 is 10.1 Å². The summed E-state index contributed by atoms with van der Waals surface area (Å²) in [6.45, 7) is 6.48. The summed E-state index contributed by atoms with van der Waals surface area (Å²) < 4.78 is 6.06. The van der Waals surface area contributed by atoms with Crippen molar-refractivity contribution >= 4 is 46.6 Å². The molecule has 0 saturated carbocycles. The molecule has 0 spiro atoms. The Balaban J connectivity index is 1.11. The van der Waals surface area contributed by atoms with E-state index in [1.54, 1.807) is 24.3 Å². The molecule has 1 N–H and O–H groups in total. The molecule has 1 saturated heterocycles. The van der Waals surface area contributed by atoms with E-state index in [1.807, 2.05) is 91.0 Å². The molecular weight excluding hydrogens is 679 g/mol. The highest BCUT2D eigenvalue weighted by Crippen LogP contribution is 2.69. The van der Waals surface area contributed by atoms with Crippen molar-refractivity contribution in [2.75, 3.05) is 5.32 Å². The fraction of sp³-hybridized carbons (Fsp3) is 0.233. The first-order valence-electron chi connectivity index (χ1n) is 17.1. The van der Waals surface area contributed by atoms with Crippen LogP contribution in [-0.4, -0.2) is 28.7 Å². The molecular formula is C43H36Cl2N2O4. The number of nitrogens with zero attached hydrogens (tertiary/aromatic N) is 1. The largest absolute Gasteiger partial charge is 0.457 e. The van der Waals surface area contributed by atoms with Gasteiger partial charge in [-0.1, -0.05) is 112 Å². The maximum atomic E-state index is 14.8. The molecule has 5 aromatic rings. The van der Waals surface area contributed by atoms with Crippen LogP contribution >= 0.6 is 23.2 Å². The molecule has 256 valence electrons. The standard InChI is InChI=1S/C43H36Cl2N2O4/c1-41(2,3)27-17-21-29(22-18-27)51-30-23-19-28(20-24-30)46-38(48)35(25-26-11-5-4-6-12-26)47-39(49)36-37(40(47)50)43(45)32-14-8-7-13-31(32)42(36,44)33-15-9-10-16-34(33)43/h4-24,35-37H,25H2,1-3H3,(H,46,48)/t35-,36-,37+,42?,43?/m0/s1. The van der Waals surface area contributed by atoms with Gasteiger partial charge in [-0.3, -0.25) is 19.3 Å². The van der Waals surface area contributed by atoms with E-state index in [1.165, 1.54) is 5.56 Å². The number of alkyl halides is 2. The molecule has 1 aliphatic heterocycles. The second kappa shape index (κ2) is 12.1. The van der Waals surface area contributed by atoms with Crippen molar-refractivity contribution in [2.24, 2.45) is 11.8 Å². The lowest BCUT2D eigenvalue weighted by Gasteiger charge is -2.54. The van der Waals surface area contributed by atoms with Crippen LogP contribution < -0.4 is 10.1 Å². The third-order valence-electron chi connectivity index (χ3n) is 10.6. The summed E-state index contributed by atoms with van der Waals surface area (Å²) >= 11 is 15.3. The van der Waals surface area contributed by atoms with E-state index in [4.69, 9.17) is 27.9 Å². The number of carbonyl (C=O) groups is 3. The van der Waals surface area contributed by atoms with Crippen LogP contribution in [0.4, 0.5) is 5.69 Å². The van der Waals surface area contributed by atoms with Gasteiger partial charge in [0.2, 0.25) is 17.7 Å². The summed E-state index contributed by atoms with van der Waals surface area (Å²) in [5.41, 5.74) is 5.37. The van der Waals surface area contributed by atoms with Gasteiger partial charge in [-0.2, -0.15) is 0 Å². The van der Waals surface area contributed by atoms with Crippen molar-refractivity contribution < 1.29 is 19.1 Å². The van der Waals surface area contributed by atoms with E-state index in [0.29, 0.717) is 39.4 Å². The predicted octanol–water partition coefficient (Wildman–Crippen LogP) is 8.92. The fourth-order valence-electron chi connectivity index (χ4n) is 8.13. The molecule has 0 radical (unpaired) electrons. The number of amides is 3. The minimum absolute atomic E-state index is 0.0332. The summed E-state index contributed by atoms with van der Waals surface area (Å²) in [7, 11) is 0. The number of halogens is 2. The summed E-state index contributed by atoms with van der Waals surface area (Å²) in [5.74, 6) is -2.23. The maximum Gasteiger partial charge on any atom is 0.248 e. The maximum absolute atomic E-state index is 14.8. The van der Waals surface area contributed by atoms with Crippen LogP contribution in [-0.2, 0) is 36.0 Å². The number of benzene rings is 5. The lowest BCUT2D eigenvalue weighted by atomic mass is 9.54. The van der Waals surface area contributed by atoms with Crippen LogP contribution in [0.3, 0.4) is 0 Å². The molecule has 3 atom stereocenters. The van der Waals surface area contributed by atoms with Gasteiger partial charge >= 0.3 is 0 Å². The van der Waals surface area contributed by atoms with Crippen molar-refractivity contribution in [3.8, 4) is 11.5 Å². The molecule has 6 nitrogen and oxygen atoms in total. The smallest absolute Gasteiger partial charge is 0.248 e. The Morgan fingerprint density at radius 1 is 0.686 bits per heavy atom. The van der Waals surface area contributed by atoms with Gasteiger partial charge in [-0.15, -0.1) is 23.2 Å². The van der Waals surface area contributed by atoms with Crippen LogP contribution in [0.1, 0.15) is 54.2 Å². The van der Waals surface area contributed by atoms with Crippen LogP contribution in [0.5, 0.6) is 11.5 Å². The van der Waals surface area contributed by atoms with E-state index < -0.39 is 45.3 Å². The monoisotopic (exact) mass is 714 g/mol. The van der Waals surface area contributed by atoms with E-state index >= 15 is 0 Å². The molecule has 8 heteroatoms. The SMILES string of the molecule is CC(C)(C)c1ccc(Oc2ccc(NC(=O)[C@H](Cc3ccccc3)N3C(=O)[C@@H]4[C@H](C3=O)C3(Cl)c5ccccc5C4(Cl)c4ccccc43)cc2)cc1. The van der Waals surface area contributed by atoms with Crippen molar-refractivity contribution in [2.45, 2.75) is 48.4 Å². The van der Waals surface area contributed by atoms with Gasteiger partial charge in [0.25, 0.3) is 0 Å². The van der Waals surface area contributed by atoms with E-state index in [2.05, 4.69) is 38.2 Å². The summed E-state index contributed by atoms with van der Waals surface area (Å²) in [6, 6.07) is 38.2. The summed E-state index contributed by atoms with van der Waals surface area (Å²) in [4.78, 5) is 42.3. The summed E-state index contributed by atoms with van der Waals surface area (Å²) in [5, 5.41) is 2.96. The topological polar surface area (TPSA) is 75.7 Å². The van der Waals surface area contributed by atoms with Crippen molar-refractivity contribution in [1.29, 1.82) is 0 Å². The molecule has 3 aliphatic carbocycles. The van der Waals surface area contributed by atoms with Gasteiger partial charge in [0.15, 0.2) is 0 Å². The number of ether oxygens (including phenoxy) is 1. The normalized spacial score (nSPS) is 23.7. The van der Waals surface area contributed by atoms with Crippen molar-refractivity contribution in [3.05, 3.63) is 161 Å². The first-order chi connectivity index (χ1) is 24.4. The van der Waals surface area contributed by atoms with Crippen LogP contribution in [0.2, 0.25) is 0 Å². The second-order valence-corrected chi connectivity index (χ2v) is 15.8. The second-order valence-electron chi connectivity index (χ2n) is 14.6. The Labute approximate surface area is 307 Å². The van der Waals surface area contributed by atoms with Crippen LogP contribution in [0.15, 0.2) is 127 Å².